The Labute approximate surface area is 130 Å². The number of benzene rings is 1. The fraction of sp³-hybridized carbons (Fsp3) is 0.333. The van der Waals surface area contributed by atoms with Crippen molar-refractivity contribution in [3.8, 4) is 5.75 Å². The Bertz CT molecular complexity index is 646. The van der Waals surface area contributed by atoms with Gasteiger partial charge in [0, 0.05) is 11.8 Å². The van der Waals surface area contributed by atoms with Crippen LogP contribution in [0.25, 0.3) is 0 Å². The maximum atomic E-state index is 12.2. The van der Waals surface area contributed by atoms with Crippen LogP contribution >= 0.6 is 0 Å². The van der Waals surface area contributed by atoms with Crippen LogP contribution in [0.15, 0.2) is 42.6 Å². The second kappa shape index (κ2) is 6.60. The lowest BCUT2D eigenvalue weighted by molar-refractivity contribution is 0.102. The van der Waals surface area contributed by atoms with Crippen LogP contribution in [0.4, 0.5) is 5.82 Å². The first kappa shape index (κ1) is 14.6. The number of aromatic nitrogens is 1. The van der Waals surface area contributed by atoms with Gasteiger partial charge >= 0.3 is 0 Å². The second-order valence-corrected chi connectivity index (χ2v) is 5.78. The molecule has 1 fully saturated rings. The Kier molecular flexibility index (Phi) is 4.37. The molecular formula is C18H20N2O2. The zero-order valence-corrected chi connectivity index (χ0v) is 12.5. The number of rotatable bonds is 3. The van der Waals surface area contributed by atoms with Gasteiger partial charge < -0.3 is 10.4 Å². The molecule has 0 atom stereocenters. The maximum Gasteiger partial charge on any atom is 0.256 e. The summed E-state index contributed by atoms with van der Waals surface area (Å²) in [5.74, 6) is 0.522. The van der Waals surface area contributed by atoms with Crippen LogP contribution in [0.1, 0.15) is 53.9 Å². The molecular weight excluding hydrogens is 276 g/mol. The first-order valence-corrected chi connectivity index (χ1v) is 7.79. The topological polar surface area (TPSA) is 62.2 Å². The Morgan fingerprint density at radius 2 is 1.82 bits per heavy atom. The predicted molar refractivity (Wildman–Crippen MR) is 86.1 cm³/mol. The SMILES string of the molecule is O=C(Nc1ncccc1O)c1ccc(C2CCCCC2)cc1. The van der Waals surface area contributed by atoms with E-state index in [1.54, 1.807) is 6.07 Å². The lowest BCUT2D eigenvalue weighted by atomic mass is 9.84. The van der Waals surface area contributed by atoms with Gasteiger partial charge in [0.1, 0.15) is 0 Å². The fourth-order valence-corrected chi connectivity index (χ4v) is 3.02. The molecule has 1 heterocycles. The molecule has 1 saturated carbocycles. The van der Waals surface area contributed by atoms with Gasteiger partial charge in [-0.1, -0.05) is 31.4 Å². The highest BCUT2D eigenvalue weighted by Crippen LogP contribution is 2.32. The summed E-state index contributed by atoms with van der Waals surface area (Å²) < 4.78 is 0. The fourth-order valence-electron chi connectivity index (χ4n) is 3.02. The molecule has 1 amide bonds. The molecule has 2 N–H and O–H groups in total. The van der Waals surface area contributed by atoms with Crippen molar-refractivity contribution >= 4 is 11.7 Å². The highest BCUT2D eigenvalue weighted by molar-refractivity contribution is 6.04. The van der Waals surface area contributed by atoms with Crippen molar-refractivity contribution in [2.24, 2.45) is 0 Å². The number of carbonyl (C=O) groups excluding carboxylic acids is 1. The van der Waals surface area contributed by atoms with E-state index in [0.717, 1.165) is 0 Å². The van der Waals surface area contributed by atoms with Crippen molar-refractivity contribution in [1.29, 1.82) is 0 Å². The van der Waals surface area contributed by atoms with Crippen LogP contribution < -0.4 is 5.32 Å². The summed E-state index contributed by atoms with van der Waals surface area (Å²) in [5, 5.41) is 12.3. The van der Waals surface area contributed by atoms with Crippen LogP contribution in [0, 0.1) is 0 Å². The molecule has 3 rings (SSSR count). The minimum Gasteiger partial charge on any atom is -0.504 e. The lowest BCUT2D eigenvalue weighted by Gasteiger charge is -2.22. The van der Waals surface area contributed by atoms with Crippen molar-refractivity contribution in [2.75, 3.05) is 5.32 Å². The Hall–Kier alpha value is -2.36. The van der Waals surface area contributed by atoms with Crippen LogP contribution in [0.3, 0.4) is 0 Å². The normalized spacial score (nSPS) is 15.5. The molecule has 1 aliphatic rings. The predicted octanol–water partition coefficient (Wildman–Crippen LogP) is 4.09. The molecule has 0 radical (unpaired) electrons. The summed E-state index contributed by atoms with van der Waals surface area (Å²) in [5.41, 5.74) is 1.89. The van der Waals surface area contributed by atoms with Crippen LogP contribution in [0.2, 0.25) is 0 Å². The van der Waals surface area contributed by atoms with E-state index in [2.05, 4.69) is 10.3 Å². The van der Waals surface area contributed by atoms with Crippen molar-refractivity contribution in [2.45, 2.75) is 38.0 Å². The van der Waals surface area contributed by atoms with Crippen LogP contribution in [-0.4, -0.2) is 16.0 Å². The molecule has 1 aliphatic carbocycles. The highest BCUT2D eigenvalue weighted by atomic mass is 16.3. The first-order chi connectivity index (χ1) is 10.7. The monoisotopic (exact) mass is 296 g/mol. The van der Waals surface area contributed by atoms with E-state index in [4.69, 9.17) is 0 Å². The smallest absolute Gasteiger partial charge is 0.256 e. The third-order valence-electron chi connectivity index (χ3n) is 4.27. The van der Waals surface area contributed by atoms with Crippen molar-refractivity contribution in [3.63, 3.8) is 0 Å². The molecule has 4 heteroatoms. The standard InChI is InChI=1S/C18H20N2O2/c21-16-7-4-12-19-17(16)20-18(22)15-10-8-14(9-11-15)13-5-2-1-3-6-13/h4,7-13,21H,1-3,5-6H2,(H,19,20,22). The van der Waals surface area contributed by atoms with Gasteiger partial charge in [0.25, 0.3) is 5.91 Å². The summed E-state index contributed by atoms with van der Waals surface area (Å²) in [7, 11) is 0. The summed E-state index contributed by atoms with van der Waals surface area (Å²) in [4.78, 5) is 16.1. The minimum atomic E-state index is -0.260. The Morgan fingerprint density at radius 3 is 2.50 bits per heavy atom. The number of pyridine rings is 1. The van der Waals surface area contributed by atoms with Gasteiger partial charge in [-0.05, 0) is 48.6 Å². The van der Waals surface area contributed by atoms with Gasteiger partial charge in [-0.3, -0.25) is 4.79 Å². The molecule has 0 unspecified atom stereocenters. The molecule has 1 aromatic carbocycles. The van der Waals surface area contributed by atoms with E-state index >= 15 is 0 Å². The van der Waals surface area contributed by atoms with E-state index in [-0.39, 0.29) is 17.5 Å². The van der Waals surface area contributed by atoms with Crippen LogP contribution in [0.5, 0.6) is 5.75 Å². The average molecular weight is 296 g/mol. The van der Waals surface area contributed by atoms with Crippen molar-refractivity contribution in [1.82, 2.24) is 4.98 Å². The van der Waals surface area contributed by atoms with Crippen molar-refractivity contribution < 1.29 is 9.90 Å². The molecule has 0 spiro atoms. The number of nitrogens with one attached hydrogen (secondary N) is 1. The zero-order chi connectivity index (χ0) is 15.4. The molecule has 0 saturated heterocycles. The summed E-state index contributed by atoms with van der Waals surface area (Å²) in [6.07, 6.45) is 7.95. The third kappa shape index (κ3) is 3.27. The maximum absolute atomic E-state index is 12.2. The second-order valence-electron chi connectivity index (χ2n) is 5.78. The number of hydrogen-bond acceptors (Lipinski definition) is 3. The van der Waals surface area contributed by atoms with E-state index in [1.165, 1.54) is 49.9 Å². The Morgan fingerprint density at radius 1 is 1.09 bits per heavy atom. The number of carbonyl (C=O) groups is 1. The number of hydrogen-bond donors (Lipinski definition) is 2. The van der Waals surface area contributed by atoms with Gasteiger partial charge in [-0.2, -0.15) is 0 Å². The molecule has 114 valence electrons. The number of anilines is 1. The largest absolute Gasteiger partial charge is 0.504 e. The first-order valence-electron chi connectivity index (χ1n) is 7.79. The van der Waals surface area contributed by atoms with Gasteiger partial charge in [0.15, 0.2) is 11.6 Å². The quantitative estimate of drug-likeness (QED) is 0.896. The van der Waals surface area contributed by atoms with Gasteiger partial charge in [0.05, 0.1) is 0 Å². The summed E-state index contributed by atoms with van der Waals surface area (Å²) in [6, 6.07) is 10.9. The Balaban J connectivity index is 1.69. The van der Waals surface area contributed by atoms with Gasteiger partial charge in [-0.15, -0.1) is 0 Å². The van der Waals surface area contributed by atoms with E-state index in [1.807, 2.05) is 24.3 Å². The van der Waals surface area contributed by atoms with E-state index in [0.29, 0.717) is 11.5 Å². The van der Waals surface area contributed by atoms with Crippen LogP contribution in [-0.2, 0) is 0 Å². The number of nitrogens with zero attached hydrogens (tertiary/aromatic N) is 1. The average Bonchev–Trinajstić information content (AvgIpc) is 2.58. The van der Waals surface area contributed by atoms with E-state index in [9.17, 15) is 9.90 Å². The van der Waals surface area contributed by atoms with E-state index < -0.39 is 0 Å². The molecule has 4 nitrogen and oxygen atoms in total. The molecule has 0 bridgehead atoms. The highest BCUT2D eigenvalue weighted by Gasteiger charge is 2.16. The lowest BCUT2D eigenvalue weighted by Crippen LogP contribution is -2.13. The number of aromatic hydroxyl groups is 1. The molecule has 22 heavy (non-hydrogen) atoms. The molecule has 0 aliphatic heterocycles. The van der Waals surface area contributed by atoms with Gasteiger partial charge in [0.2, 0.25) is 0 Å². The summed E-state index contributed by atoms with van der Waals surface area (Å²) in [6.45, 7) is 0. The zero-order valence-electron chi connectivity index (χ0n) is 12.5. The molecule has 2 aromatic rings. The van der Waals surface area contributed by atoms with Gasteiger partial charge in [-0.25, -0.2) is 4.98 Å². The van der Waals surface area contributed by atoms with Crippen molar-refractivity contribution in [3.05, 3.63) is 53.7 Å². The minimum absolute atomic E-state index is 0.0327. The number of amides is 1. The third-order valence-corrected chi connectivity index (χ3v) is 4.27. The molecule has 1 aromatic heterocycles. The summed E-state index contributed by atoms with van der Waals surface area (Å²) >= 11 is 0.